The molecule has 2 heterocycles. The lowest BCUT2D eigenvalue weighted by Gasteiger charge is -2.26. The zero-order chi connectivity index (χ0) is 16.9. The smallest absolute Gasteiger partial charge is 0.272 e. The number of aromatic nitrogens is 2. The molecule has 0 saturated carbocycles. The third kappa shape index (κ3) is 3.72. The molecule has 1 fully saturated rings. The minimum absolute atomic E-state index is 0.00250. The van der Waals surface area contributed by atoms with Gasteiger partial charge >= 0.3 is 0 Å². The normalized spacial score (nSPS) is 14.7. The fourth-order valence-electron chi connectivity index (χ4n) is 3.03. The highest BCUT2D eigenvalue weighted by molar-refractivity contribution is 5.92. The molecule has 0 spiro atoms. The van der Waals surface area contributed by atoms with Crippen LogP contribution in [0.5, 0.6) is 0 Å². The van der Waals surface area contributed by atoms with Gasteiger partial charge in [0.25, 0.3) is 5.91 Å². The molecule has 1 N–H and O–H groups in total. The Morgan fingerprint density at radius 1 is 1.12 bits per heavy atom. The van der Waals surface area contributed by atoms with Crippen molar-refractivity contribution in [1.29, 1.82) is 0 Å². The third-order valence-corrected chi connectivity index (χ3v) is 4.35. The Morgan fingerprint density at radius 3 is 2.62 bits per heavy atom. The fourth-order valence-corrected chi connectivity index (χ4v) is 3.03. The van der Waals surface area contributed by atoms with E-state index < -0.39 is 0 Å². The molecule has 5 nitrogen and oxygen atoms in total. The van der Waals surface area contributed by atoms with Crippen molar-refractivity contribution in [2.45, 2.75) is 39.0 Å². The highest BCUT2D eigenvalue weighted by atomic mass is 16.2. The van der Waals surface area contributed by atoms with Crippen molar-refractivity contribution >= 4 is 17.5 Å². The van der Waals surface area contributed by atoms with Crippen LogP contribution in [0.2, 0.25) is 0 Å². The van der Waals surface area contributed by atoms with Crippen LogP contribution in [-0.2, 0) is 0 Å². The van der Waals surface area contributed by atoms with E-state index in [-0.39, 0.29) is 5.91 Å². The highest BCUT2D eigenvalue weighted by Gasteiger charge is 2.19. The largest absolute Gasteiger partial charge is 0.337 e. The van der Waals surface area contributed by atoms with E-state index in [1.54, 1.807) is 12.3 Å². The van der Waals surface area contributed by atoms with Gasteiger partial charge in [-0.05, 0) is 42.9 Å². The summed E-state index contributed by atoms with van der Waals surface area (Å²) in [6, 6.07) is 9.80. The van der Waals surface area contributed by atoms with E-state index >= 15 is 0 Å². The SMILES string of the molecule is CC(C)c1ccccc1Nc1nccc(C(=O)N2CCCCC2)n1. The van der Waals surface area contributed by atoms with Crippen molar-refractivity contribution in [3.8, 4) is 0 Å². The van der Waals surface area contributed by atoms with Crippen molar-refractivity contribution in [3.63, 3.8) is 0 Å². The number of piperidine rings is 1. The Labute approximate surface area is 143 Å². The molecule has 0 atom stereocenters. The van der Waals surface area contributed by atoms with Crippen molar-refractivity contribution in [3.05, 3.63) is 47.8 Å². The quantitative estimate of drug-likeness (QED) is 0.924. The van der Waals surface area contributed by atoms with Crippen LogP contribution >= 0.6 is 0 Å². The van der Waals surface area contributed by atoms with Gasteiger partial charge < -0.3 is 10.2 Å². The number of anilines is 2. The van der Waals surface area contributed by atoms with Crippen LogP contribution in [0.1, 0.15) is 55.1 Å². The van der Waals surface area contributed by atoms with Gasteiger partial charge in [-0.2, -0.15) is 0 Å². The Bertz CT molecular complexity index is 708. The van der Waals surface area contributed by atoms with Crippen molar-refractivity contribution < 1.29 is 4.79 Å². The van der Waals surface area contributed by atoms with Gasteiger partial charge in [-0.1, -0.05) is 32.0 Å². The van der Waals surface area contributed by atoms with Crippen LogP contribution in [0, 0.1) is 0 Å². The maximum Gasteiger partial charge on any atom is 0.272 e. The maximum atomic E-state index is 12.6. The summed E-state index contributed by atoms with van der Waals surface area (Å²) in [7, 11) is 0. The molecule has 0 bridgehead atoms. The number of hydrogen-bond acceptors (Lipinski definition) is 4. The Balaban J connectivity index is 1.80. The lowest BCUT2D eigenvalue weighted by molar-refractivity contribution is 0.0718. The molecule has 126 valence electrons. The summed E-state index contributed by atoms with van der Waals surface area (Å²) in [5.74, 6) is 0.857. The number of carbonyl (C=O) groups is 1. The van der Waals surface area contributed by atoms with Gasteiger partial charge in [0.15, 0.2) is 0 Å². The first-order chi connectivity index (χ1) is 11.6. The standard InChI is InChI=1S/C19H24N4O/c1-14(2)15-8-4-5-9-16(15)21-19-20-11-10-17(22-19)18(24)23-12-6-3-7-13-23/h4-5,8-11,14H,3,6-7,12-13H2,1-2H3,(H,20,21,22). The van der Waals surface area contributed by atoms with Crippen LogP contribution in [0.25, 0.3) is 0 Å². The summed E-state index contributed by atoms with van der Waals surface area (Å²) < 4.78 is 0. The molecule has 0 radical (unpaired) electrons. The molecule has 1 aromatic carbocycles. The van der Waals surface area contributed by atoms with Crippen molar-refractivity contribution in [2.24, 2.45) is 0 Å². The monoisotopic (exact) mass is 324 g/mol. The van der Waals surface area contributed by atoms with Crippen LogP contribution < -0.4 is 5.32 Å². The van der Waals surface area contributed by atoms with Gasteiger partial charge in [-0.15, -0.1) is 0 Å². The average Bonchev–Trinajstić information content (AvgIpc) is 2.62. The van der Waals surface area contributed by atoms with E-state index in [0.717, 1.165) is 31.6 Å². The Morgan fingerprint density at radius 2 is 1.88 bits per heavy atom. The number of nitrogens with one attached hydrogen (secondary N) is 1. The average molecular weight is 324 g/mol. The number of hydrogen-bond donors (Lipinski definition) is 1. The molecule has 1 aliphatic rings. The summed E-state index contributed by atoms with van der Waals surface area (Å²) in [5.41, 5.74) is 2.64. The number of para-hydroxylation sites is 1. The van der Waals surface area contributed by atoms with E-state index in [9.17, 15) is 4.79 Å². The van der Waals surface area contributed by atoms with Crippen LogP contribution in [0.3, 0.4) is 0 Å². The number of nitrogens with zero attached hydrogens (tertiary/aromatic N) is 3. The molecule has 2 aromatic rings. The van der Waals surface area contributed by atoms with Crippen molar-refractivity contribution in [2.75, 3.05) is 18.4 Å². The molecule has 5 heteroatoms. The minimum atomic E-state index is -0.00250. The predicted molar refractivity (Wildman–Crippen MR) is 95.6 cm³/mol. The lowest BCUT2D eigenvalue weighted by atomic mass is 10.0. The molecule has 3 rings (SSSR count). The molecule has 1 aliphatic heterocycles. The molecule has 0 unspecified atom stereocenters. The molecule has 1 aromatic heterocycles. The highest BCUT2D eigenvalue weighted by Crippen LogP contribution is 2.25. The summed E-state index contributed by atoms with van der Waals surface area (Å²) in [6.45, 7) is 5.94. The number of amides is 1. The van der Waals surface area contributed by atoms with E-state index in [2.05, 4.69) is 35.2 Å². The van der Waals surface area contributed by atoms with Gasteiger partial charge in [-0.25, -0.2) is 9.97 Å². The van der Waals surface area contributed by atoms with Gasteiger partial charge in [0, 0.05) is 25.0 Å². The second-order valence-corrected chi connectivity index (χ2v) is 6.49. The van der Waals surface area contributed by atoms with Crippen LogP contribution in [-0.4, -0.2) is 33.9 Å². The van der Waals surface area contributed by atoms with Crippen LogP contribution in [0.15, 0.2) is 36.5 Å². The first-order valence-corrected chi connectivity index (χ1v) is 8.63. The van der Waals surface area contributed by atoms with E-state index in [0.29, 0.717) is 17.6 Å². The molecule has 24 heavy (non-hydrogen) atoms. The zero-order valence-corrected chi connectivity index (χ0v) is 14.3. The predicted octanol–water partition coefficient (Wildman–Crippen LogP) is 3.97. The Hall–Kier alpha value is -2.43. The molecule has 0 aliphatic carbocycles. The summed E-state index contributed by atoms with van der Waals surface area (Å²) in [6.07, 6.45) is 4.99. The second kappa shape index (κ2) is 7.43. The second-order valence-electron chi connectivity index (χ2n) is 6.49. The third-order valence-electron chi connectivity index (χ3n) is 4.35. The number of likely N-dealkylation sites (tertiary alicyclic amines) is 1. The minimum Gasteiger partial charge on any atom is -0.337 e. The maximum absolute atomic E-state index is 12.6. The summed E-state index contributed by atoms with van der Waals surface area (Å²) >= 11 is 0. The summed E-state index contributed by atoms with van der Waals surface area (Å²) in [4.78, 5) is 23.2. The molecular formula is C19H24N4O. The molecule has 1 amide bonds. The van der Waals surface area contributed by atoms with Gasteiger partial charge in [-0.3, -0.25) is 4.79 Å². The summed E-state index contributed by atoms with van der Waals surface area (Å²) in [5, 5.41) is 3.26. The van der Waals surface area contributed by atoms with E-state index in [4.69, 9.17) is 0 Å². The van der Waals surface area contributed by atoms with Gasteiger partial charge in [0.05, 0.1) is 0 Å². The fraction of sp³-hybridized carbons (Fsp3) is 0.421. The number of rotatable bonds is 4. The molecular weight excluding hydrogens is 300 g/mol. The number of carbonyl (C=O) groups excluding carboxylic acids is 1. The number of benzene rings is 1. The first kappa shape index (κ1) is 16.4. The van der Waals surface area contributed by atoms with Gasteiger partial charge in [0.1, 0.15) is 5.69 Å². The topological polar surface area (TPSA) is 58.1 Å². The molecule has 1 saturated heterocycles. The first-order valence-electron chi connectivity index (χ1n) is 8.63. The van der Waals surface area contributed by atoms with Gasteiger partial charge in [0.2, 0.25) is 5.95 Å². The Kier molecular flexibility index (Phi) is 5.08. The lowest BCUT2D eigenvalue weighted by Crippen LogP contribution is -2.36. The van der Waals surface area contributed by atoms with E-state index in [1.807, 2.05) is 23.1 Å². The van der Waals surface area contributed by atoms with Crippen molar-refractivity contribution in [1.82, 2.24) is 14.9 Å². The van der Waals surface area contributed by atoms with Crippen LogP contribution in [0.4, 0.5) is 11.6 Å². The zero-order valence-electron chi connectivity index (χ0n) is 14.3. The van der Waals surface area contributed by atoms with E-state index in [1.165, 1.54) is 12.0 Å².